The Bertz CT molecular complexity index is 1590. The predicted molar refractivity (Wildman–Crippen MR) is 198 cm³/mol. The lowest BCUT2D eigenvalue weighted by Gasteiger charge is -2.31. The molecule has 3 rings (SSSR count). The van der Waals surface area contributed by atoms with Gasteiger partial charge in [-0.15, -0.1) is 8.20 Å². The second kappa shape index (κ2) is 18.1. The van der Waals surface area contributed by atoms with Crippen LogP contribution in [0.1, 0.15) is 87.4 Å². The smallest absolute Gasteiger partial charge is 0.412 e. The number of aliphatic hydroxyl groups excluding tert-OH is 1. The van der Waals surface area contributed by atoms with Crippen molar-refractivity contribution < 1.29 is 37.4 Å². The van der Waals surface area contributed by atoms with E-state index in [2.05, 4.69) is 16.9 Å². The standard InChI is InChI=1S/C36H53N4O8PS/c1-24(2)21-40(50(45,46)30-16-14-29(47-7)15-17-30)22-32(41)31(23-49-8)38-33(42)25-18-26(34(43)39(6)28-12-10-9-11-13-28)20-27(19-25)37-35(44)48-36(3,4)5/h14-20,24,28,31-32,41H,8-13,21-23H2,1-7H3,(H,37,44)(H,38,42). The molecular weight excluding hydrogens is 679 g/mol. The van der Waals surface area contributed by atoms with Crippen LogP contribution < -0.4 is 15.4 Å². The molecule has 3 amide bonds. The first-order valence-corrected chi connectivity index (χ1v) is 19.6. The molecule has 2 unspecified atom stereocenters. The van der Waals surface area contributed by atoms with Crippen LogP contribution >= 0.6 is 8.20 Å². The molecule has 0 bridgehead atoms. The third-order valence-electron chi connectivity index (χ3n) is 8.29. The first kappa shape index (κ1) is 40.9. The zero-order valence-electron chi connectivity index (χ0n) is 30.3. The van der Waals surface area contributed by atoms with Crippen molar-refractivity contribution in [2.45, 2.75) is 95.4 Å². The van der Waals surface area contributed by atoms with E-state index in [0.717, 1.165) is 32.1 Å². The van der Waals surface area contributed by atoms with Crippen molar-refractivity contribution in [2.24, 2.45) is 5.92 Å². The summed E-state index contributed by atoms with van der Waals surface area (Å²) in [5.74, 6) is -0.460. The topological polar surface area (TPSA) is 155 Å². The maximum Gasteiger partial charge on any atom is 0.412 e. The first-order chi connectivity index (χ1) is 23.4. The summed E-state index contributed by atoms with van der Waals surface area (Å²) in [5, 5.41) is 16.9. The predicted octanol–water partition coefficient (Wildman–Crippen LogP) is 5.63. The van der Waals surface area contributed by atoms with Crippen molar-refractivity contribution in [3.05, 3.63) is 53.6 Å². The molecule has 0 radical (unpaired) electrons. The van der Waals surface area contributed by atoms with Crippen LogP contribution in [0.15, 0.2) is 47.4 Å². The highest BCUT2D eigenvalue weighted by atomic mass is 32.2. The Morgan fingerprint density at radius 1 is 1.02 bits per heavy atom. The fourth-order valence-corrected chi connectivity index (χ4v) is 8.01. The van der Waals surface area contributed by atoms with Crippen LogP contribution in [-0.2, 0) is 14.8 Å². The quantitative estimate of drug-likeness (QED) is 0.199. The van der Waals surface area contributed by atoms with E-state index in [9.17, 15) is 27.9 Å². The third kappa shape index (κ3) is 11.8. The Morgan fingerprint density at radius 2 is 1.64 bits per heavy atom. The molecule has 3 N–H and O–H groups in total. The van der Waals surface area contributed by atoms with Crippen LogP contribution in [0, 0.1) is 5.92 Å². The zero-order chi connectivity index (χ0) is 37.2. The van der Waals surface area contributed by atoms with E-state index < -0.39 is 39.8 Å². The summed E-state index contributed by atoms with van der Waals surface area (Å²) in [4.78, 5) is 42.0. The number of hydrogen-bond donors (Lipinski definition) is 3. The van der Waals surface area contributed by atoms with Gasteiger partial charge in [0.1, 0.15) is 11.4 Å². The van der Waals surface area contributed by atoms with Gasteiger partial charge in [-0.3, -0.25) is 14.9 Å². The number of rotatable bonds is 15. The average molecular weight is 733 g/mol. The molecule has 2 aromatic carbocycles. The molecule has 0 heterocycles. The highest BCUT2D eigenvalue weighted by molar-refractivity contribution is 7.89. The maximum absolute atomic E-state index is 13.8. The number of aliphatic hydroxyl groups is 1. The molecule has 12 nitrogen and oxygen atoms in total. The SMILES string of the molecule is C=PCC(NC(=O)c1cc(NC(=O)OC(C)(C)C)cc(C(=O)N(C)C2CCCCC2)c1)C(O)CN(CC(C)C)S(=O)(=O)c1ccc(OC)cc1. The maximum atomic E-state index is 13.8. The third-order valence-corrected chi connectivity index (χ3v) is 10.8. The minimum absolute atomic E-state index is 0.0479. The van der Waals surface area contributed by atoms with Crippen LogP contribution in [0.5, 0.6) is 5.75 Å². The van der Waals surface area contributed by atoms with Gasteiger partial charge in [0.05, 0.1) is 24.2 Å². The van der Waals surface area contributed by atoms with Crippen molar-refractivity contribution in [1.82, 2.24) is 14.5 Å². The lowest BCUT2D eigenvalue weighted by atomic mass is 9.94. The number of carbonyl (C=O) groups is 3. The Labute approximate surface area is 298 Å². The van der Waals surface area contributed by atoms with Gasteiger partial charge in [-0.25, -0.2) is 13.2 Å². The van der Waals surface area contributed by atoms with Crippen molar-refractivity contribution in [3.8, 4) is 5.75 Å². The van der Waals surface area contributed by atoms with Crippen molar-refractivity contribution in [1.29, 1.82) is 0 Å². The summed E-state index contributed by atoms with van der Waals surface area (Å²) in [6, 6.07) is 9.58. The largest absolute Gasteiger partial charge is 0.497 e. The molecule has 0 spiro atoms. The molecule has 50 heavy (non-hydrogen) atoms. The molecule has 1 saturated carbocycles. The Balaban J connectivity index is 1.91. The highest BCUT2D eigenvalue weighted by Crippen LogP contribution is 2.26. The number of nitrogens with zero attached hydrogens (tertiary/aromatic N) is 2. The number of methoxy groups -OCH3 is 1. The lowest BCUT2D eigenvalue weighted by molar-refractivity contribution is 0.0633. The summed E-state index contributed by atoms with van der Waals surface area (Å²) in [6.07, 6.45) is 6.98. The van der Waals surface area contributed by atoms with Gasteiger partial charge >= 0.3 is 6.09 Å². The van der Waals surface area contributed by atoms with Crippen LogP contribution in [-0.4, -0.2) is 104 Å². The number of sulfonamides is 1. The molecule has 2 atom stereocenters. The van der Waals surface area contributed by atoms with Crippen LogP contribution in [0.3, 0.4) is 0 Å². The summed E-state index contributed by atoms with van der Waals surface area (Å²) >= 11 is 0. The Morgan fingerprint density at radius 3 is 2.20 bits per heavy atom. The number of nitrogens with one attached hydrogen (secondary N) is 2. The van der Waals surface area contributed by atoms with E-state index in [1.54, 1.807) is 44.9 Å². The zero-order valence-corrected chi connectivity index (χ0v) is 32.0. The van der Waals surface area contributed by atoms with Crippen LogP contribution in [0.2, 0.25) is 0 Å². The van der Waals surface area contributed by atoms with Crippen LogP contribution in [0.25, 0.3) is 0 Å². The second-order valence-electron chi connectivity index (χ2n) is 14.1. The van der Waals surface area contributed by atoms with Gasteiger partial charge in [-0.1, -0.05) is 39.4 Å². The van der Waals surface area contributed by atoms with E-state index in [1.807, 2.05) is 13.8 Å². The Kier molecular flexibility index (Phi) is 14.8. The Hall–Kier alpha value is -3.51. The minimum Gasteiger partial charge on any atom is -0.497 e. The number of benzene rings is 2. The summed E-state index contributed by atoms with van der Waals surface area (Å²) < 4.78 is 39.2. The monoisotopic (exact) mass is 732 g/mol. The summed E-state index contributed by atoms with van der Waals surface area (Å²) in [6.45, 7) is 8.77. The van der Waals surface area contributed by atoms with E-state index in [1.165, 1.54) is 41.7 Å². The van der Waals surface area contributed by atoms with Gasteiger partial charge in [0, 0.05) is 49.2 Å². The fraction of sp³-hybridized carbons (Fsp3) is 0.556. The molecule has 0 aliphatic heterocycles. The highest BCUT2D eigenvalue weighted by Gasteiger charge is 2.32. The van der Waals surface area contributed by atoms with Gasteiger partial charge in [-0.2, -0.15) is 4.31 Å². The molecule has 1 aliphatic rings. The fourth-order valence-electron chi connectivity index (χ4n) is 5.78. The minimum atomic E-state index is -4.02. The van der Waals surface area contributed by atoms with E-state index in [4.69, 9.17) is 9.47 Å². The van der Waals surface area contributed by atoms with Crippen LogP contribution in [0.4, 0.5) is 10.5 Å². The molecule has 1 aliphatic carbocycles. The first-order valence-electron chi connectivity index (χ1n) is 16.9. The molecule has 1 fully saturated rings. The number of anilines is 1. The van der Waals surface area contributed by atoms with Crippen molar-refractivity contribution >= 4 is 48.1 Å². The normalized spacial score (nSPS) is 15.4. The molecular formula is C36H53N4O8PS. The number of ether oxygens (including phenoxy) is 2. The van der Waals surface area contributed by atoms with E-state index >= 15 is 0 Å². The lowest BCUT2D eigenvalue weighted by Crippen LogP contribution is -2.51. The van der Waals surface area contributed by atoms with Gasteiger partial charge in [-0.05, 0) is 82.0 Å². The number of hydrogen-bond acceptors (Lipinski definition) is 8. The van der Waals surface area contributed by atoms with Crippen molar-refractivity contribution in [3.63, 3.8) is 0 Å². The molecule has 0 saturated heterocycles. The second-order valence-corrected chi connectivity index (χ2v) is 16.8. The van der Waals surface area contributed by atoms with Gasteiger partial charge in [0.15, 0.2) is 0 Å². The van der Waals surface area contributed by atoms with Gasteiger partial charge < -0.3 is 24.8 Å². The summed E-state index contributed by atoms with van der Waals surface area (Å²) in [5.41, 5.74) is -0.312. The van der Waals surface area contributed by atoms with Gasteiger partial charge in [0.2, 0.25) is 10.0 Å². The van der Waals surface area contributed by atoms with E-state index in [-0.39, 0.29) is 58.8 Å². The number of amides is 3. The molecule has 2 aromatic rings. The molecule has 14 heteroatoms. The molecule has 276 valence electrons. The molecule has 0 aromatic heterocycles. The number of carbonyl (C=O) groups excluding carboxylic acids is 3. The summed E-state index contributed by atoms with van der Waals surface area (Å²) in [7, 11) is -0.178. The van der Waals surface area contributed by atoms with Gasteiger partial charge in [0.25, 0.3) is 11.8 Å². The van der Waals surface area contributed by atoms with Crippen molar-refractivity contribution in [2.75, 3.05) is 38.7 Å². The van der Waals surface area contributed by atoms with E-state index in [0.29, 0.717) is 14.0 Å². The average Bonchev–Trinajstić information content (AvgIpc) is 3.06.